The van der Waals surface area contributed by atoms with Crippen LogP contribution in [0.2, 0.25) is 0 Å². The Morgan fingerprint density at radius 1 is 1.46 bits per heavy atom. The monoisotopic (exact) mass is 198 g/mol. The van der Waals surface area contributed by atoms with Crippen LogP contribution in [-0.2, 0) is 4.74 Å². The van der Waals surface area contributed by atoms with Crippen molar-refractivity contribution in [3.05, 3.63) is 24.4 Å². The van der Waals surface area contributed by atoms with Crippen LogP contribution in [-0.4, -0.2) is 17.8 Å². The number of ether oxygens (including phenoxy) is 1. The third-order valence-electron chi connectivity index (χ3n) is 1.55. The van der Waals surface area contributed by atoms with E-state index >= 15 is 0 Å². The van der Waals surface area contributed by atoms with E-state index in [2.05, 4.69) is 9.71 Å². The van der Waals surface area contributed by atoms with Crippen molar-refractivity contribution in [3.8, 4) is 0 Å². The molecule has 0 saturated heterocycles. The number of aromatic nitrogens is 1. The molecule has 0 amide bonds. The van der Waals surface area contributed by atoms with E-state index in [1.165, 1.54) is 11.9 Å². The maximum absolute atomic E-state index is 5.20. The van der Waals surface area contributed by atoms with Gasteiger partial charge in [-0.05, 0) is 37.9 Å². The van der Waals surface area contributed by atoms with Gasteiger partial charge in [-0.25, -0.2) is 9.71 Å². The molecule has 0 fully saturated rings. The molecule has 0 aromatic carbocycles. The highest BCUT2D eigenvalue weighted by Gasteiger charge is 2.15. The first kappa shape index (κ1) is 10.5. The predicted octanol–water partition coefficient (Wildman–Crippen LogP) is 2.06. The molecule has 0 spiro atoms. The molecule has 0 aliphatic heterocycles. The Bertz CT molecular complexity index is 251. The van der Waals surface area contributed by atoms with Crippen molar-refractivity contribution in [1.29, 1.82) is 0 Å². The fourth-order valence-electron chi connectivity index (χ4n) is 0.624. The van der Waals surface area contributed by atoms with Gasteiger partial charge in [0, 0.05) is 13.3 Å². The van der Waals surface area contributed by atoms with Crippen molar-refractivity contribution in [2.45, 2.75) is 24.6 Å². The summed E-state index contributed by atoms with van der Waals surface area (Å²) in [6.45, 7) is 3.92. The zero-order chi connectivity index (χ0) is 9.73. The van der Waals surface area contributed by atoms with Gasteiger partial charge in [-0.2, -0.15) is 0 Å². The fraction of sp³-hybridized carbons (Fsp3) is 0.444. The van der Waals surface area contributed by atoms with Crippen LogP contribution in [0.4, 0.5) is 0 Å². The predicted molar refractivity (Wildman–Crippen MR) is 54.3 cm³/mol. The highest BCUT2D eigenvalue weighted by Crippen LogP contribution is 2.15. The van der Waals surface area contributed by atoms with Crippen molar-refractivity contribution >= 4 is 11.9 Å². The van der Waals surface area contributed by atoms with Gasteiger partial charge in [0.25, 0.3) is 0 Å². The van der Waals surface area contributed by atoms with Crippen LogP contribution in [0.1, 0.15) is 13.8 Å². The molecule has 0 atom stereocenters. The topological polar surface area (TPSA) is 34.1 Å². The Kier molecular flexibility index (Phi) is 3.71. The molecule has 4 heteroatoms. The van der Waals surface area contributed by atoms with Crippen molar-refractivity contribution in [2.24, 2.45) is 0 Å². The van der Waals surface area contributed by atoms with Crippen molar-refractivity contribution < 1.29 is 4.74 Å². The minimum absolute atomic E-state index is 0.331. The molecule has 1 aromatic rings. The largest absolute Gasteiger partial charge is 0.364 e. The minimum Gasteiger partial charge on any atom is -0.364 e. The number of hydrogen-bond donors (Lipinski definition) is 1. The number of pyridine rings is 1. The summed E-state index contributed by atoms with van der Waals surface area (Å²) < 4.78 is 8.36. The maximum atomic E-state index is 5.20. The van der Waals surface area contributed by atoms with E-state index in [9.17, 15) is 0 Å². The van der Waals surface area contributed by atoms with Crippen LogP contribution in [0.25, 0.3) is 0 Å². The van der Waals surface area contributed by atoms with E-state index < -0.39 is 0 Å². The standard InChI is InChI=1S/C9H14N2OS/c1-9(2,12-3)11-13-8-6-4-5-7-10-8/h4-7,11H,1-3H3. The average Bonchev–Trinajstić information content (AvgIpc) is 2.17. The SMILES string of the molecule is COC(C)(C)NSc1ccccn1. The Balaban J connectivity index is 2.44. The van der Waals surface area contributed by atoms with Gasteiger partial charge in [0.2, 0.25) is 0 Å². The quantitative estimate of drug-likeness (QED) is 0.593. The molecular formula is C9H14N2OS. The van der Waals surface area contributed by atoms with E-state index in [-0.39, 0.29) is 5.72 Å². The number of hydrogen-bond acceptors (Lipinski definition) is 4. The number of methoxy groups -OCH3 is 1. The summed E-state index contributed by atoms with van der Waals surface area (Å²) in [7, 11) is 1.67. The molecule has 3 nitrogen and oxygen atoms in total. The Morgan fingerprint density at radius 2 is 2.23 bits per heavy atom. The Morgan fingerprint density at radius 3 is 2.77 bits per heavy atom. The molecule has 0 bridgehead atoms. The van der Waals surface area contributed by atoms with Crippen LogP contribution in [0, 0.1) is 0 Å². The summed E-state index contributed by atoms with van der Waals surface area (Å²) in [5.74, 6) is 0. The van der Waals surface area contributed by atoms with E-state index in [0.717, 1.165) is 5.03 Å². The molecule has 1 rings (SSSR count). The smallest absolute Gasteiger partial charge is 0.122 e. The third kappa shape index (κ3) is 3.76. The first-order valence-electron chi connectivity index (χ1n) is 4.04. The van der Waals surface area contributed by atoms with E-state index in [4.69, 9.17) is 4.74 Å². The summed E-state index contributed by atoms with van der Waals surface area (Å²) in [5.41, 5.74) is -0.331. The van der Waals surface area contributed by atoms with Crippen LogP contribution >= 0.6 is 11.9 Å². The Labute approximate surface area is 83.0 Å². The summed E-state index contributed by atoms with van der Waals surface area (Å²) in [6, 6.07) is 5.80. The molecule has 1 N–H and O–H groups in total. The number of rotatable bonds is 4. The summed E-state index contributed by atoms with van der Waals surface area (Å²) in [5, 5.41) is 0.938. The van der Waals surface area contributed by atoms with E-state index in [1.54, 1.807) is 13.3 Å². The fourth-order valence-corrected chi connectivity index (χ4v) is 1.32. The van der Waals surface area contributed by atoms with Gasteiger partial charge in [0.15, 0.2) is 0 Å². The highest BCUT2D eigenvalue weighted by atomic mass is 32.2. The highest BCUT2D eigenvalue weighted by molar-refractivity contribution is 7.97. The molecule has 0 saturated carbocycles. The number of nitrogens with one attached hydrogen (secondary N) is 1. The van der Waals surface area contributed by atoms with Gasteiger partial charge in [-0.3, -0.25) is 0 Å². The zero-order valence-corrected chi connectivity index (χ0v) is 8.89. The second-order valence-electron chi connectivity index (χ2n) is 3.09. The van der Waals surface area contributed by atoms with Gasteiger partial charge < -0.3 is 4.74 Å². The molecule has 1 heterocycles. The van der Waals surface area contributed by atoms with Crippen molar-refractivity contribution in [3.63, 3.8) is 0 Å². The first-order valence-corrected chi connectivity index (χ1v) is 4.86. The Hall–Kier alpha value is -0.580. The lowest BCUT2D eigenvalue weighted by Crippen LogP contribution is -2.36. The van der Waals surface area contributed by atoms with E-state index in [0.29, 0.717) is 0 Å². The lowest BCUT2D eigenvalue weighted by Gasteiger charge is -2.23. The van der Waals surface area contributed by atoms with Crippen molar-refractivity contribution in [2.75, 3.05) is 7.11 Å². The zero-order valence-electron chi connectivity index (χ0n) is 8.07. The van der Waals surface area contributed by atoms with Crippen molar-refractivity contribution in [1.82, 2.24) is 9.71 Å². The van der Waals surface area contributed by atoms with Gasteiger partial charge in [0.1, 0.15) is 10.8 Å². The molecule has 0 aliphatic carbocycles. The van der Waals surface area contributed by atoms with Gasteiger partial charge in [-0.15, -0.1) is 0 Å². The molecular weight excluding hydrogens is 184 g/mol. The van der Waals surface area contributed by atoms with Gasteiger partial charge in [-0.1, -0.05) is 6.07 Å². The van der Waals surface area contributed by atoms with E-state index in [1.807, 2.05) is 32.0 Å². The van der Waals surface area contributed by atoms with Crippen LogP contribution in [0.3, 0.4) is 0 Å². The van der Waals surface area contributed by atoms with Gasteiger partial charge in [0.05, 0.1) is 0 Å². The second-order valence-corrected chi connectivity index (χ2v) is 3.91. The molecule has 72 valence electrons. The lowest BCUT2D eigenvalue weighted by atomic mass is 10.3. The molecule has 13 heavy (non-hydrogen) atoms. The number of nitrogens with zero attached hydrogens (tertiary/aromatic N) is 1. The maximum Gasteiger partial charge on any atom is 0.122 e. The molecule has 0 unspecified atom stereocenters. The second kappa shape index (κ2) is 4.60. The van der Waals surface area contributed by atoms with Gasteiger partial charge >= 0.3 is 0 Å². The van der Waals surface area contributed by atoms with Crippen LogP contribution in [0.5, 0.6) is 0 Å². The summed E-state index contributed by atoms with van der Waals surface area (Å²) >= 11 is 1.47. The van der Waals surface area contributed by atoms with Crippen LogP contribution in [0.15, 0.2) is 29.4 Å². The minimum atomic E-state index is -0.331. The normalized spacial score (nSPS) is 11.6. The third-order valence-corrected chi connectivity index (χ3v) is 2.59. The molecule has 1 aromatic heterocycles. The molecule has 0 radical (unpaired) electrons. The lowest BCUT2D eigenvalue weighted by molar-refractivity contribution is 0.0155. The van der Waals surface area contributed by atoms with Crippen LogP contribution < -0.4 is 4.72 Å². The molecule has 0 aliphatic rings. The first-order chi connectivity index (χ1) is 6.14. The average molecular weight is 198 g/mol. The summed E-state index contributed by atoms with van der Waals surface area (Å²) in [4.78, 5) is 4.16. The summed E-state index contributed by atoms with van der Waals surface area (Å²) in [6.07, 6.45) is 1.77.